The number of amides is 1. The van der Waals surface area contributed by atoms with Crippen molar-refractivity contribution in [2.24, 2.45) is 0 Å². The third kappa shape index (κ3) is 3.35. The van der Waals surface area contributed by atoms with Crippen molar-refractivity contribution in [3.8, 4) is 0 Å². The van der Waals surface area contributed by atoms with Gasteiger partial charge in [0.1, 0.15) is 5.69 Å². The lowest BCUT2D eigenvalue weighted by Gasteiger charge is -2.39. The van der Waals surface area contributed by atoms with Gasteiger partial charge in [0.15, 0.2) is 0 Å². The summed E-state index contributed by atoms with van der Waals surface area (Å²) in [6.07, 6.45) is 8.76. The summed E-state index contributed by atoms with van der Waals surface area (Å²) in [6, 6.07) is 8.32. The molecular weight excluding hydrogens is 316 g/mol. The highest BCUT2D eigenvalue weighted by molar-refractivity contribution is 5.93. The number of piperidine rings is 1. The Morgan fingerprint density at radius 1 is 1.24 bits per heavy atom. The lowest BCUT2D eigenvalue weighted by molar-refractivity contribution is 0.0945. The van der Waals surface area contributed by atoms with Crippen LogP contribution in [0.5, 0.6) is 0 Å². The number of aromatic nitrogens is 2. The van der Waals surface area contributed by atoms with E-state index in [1.54, 1.807) is 18.6 Å². The molecule has 2 aromatic heterocycles. The fraction of sp³-hybridized carbons (Fsp3) is 0.421. The van der Waals surface area contributed by atoms with Crippen LogP contribution in [-0.4, -0.2) is 39.2 Å². The molecule has 1 amide bonds. The van der Waals surface area contributed by atoms with E-state index in [-0.39, 0.29) is 12.0 Å². The standard InChI is InChI=1S/C19H22N4O2/c24-17-8-14-3-4-15(9-17)23(14)16-5-7-21-18(10-16)19(25)22-12-13-2-1-6-20-11-13/h1-2,5-7,10-11,14-15,17,24H,3-4,8-9,12H2,(H,22,25)/t14-,15+,17?. The molecule has 1 unspecified atom stereocenters. The van der Waals surface area contributed by atoms with Gasteiger partial charge in [-0.3, -0.25) is 14.8 Å². The third-order valence-electron chi connectivity index (χ3n) is 5.16. The number of hydrogen-bond acceptors (Lipinski definition) is 5. The van der Waals surface area contributed by atoms with Crippen LogP contribution in [-0.2, 0) is 6.54 Å². The maximum Gasteiger partial charge on any atom is 0.270 e. The van der Waals surface area contributed by atoms with E-state index in [1.807, 2.05) is 24.3 Å². The summed E-state index contributed by atoms with van der Waals surface area (Å²) >= 11 is 0. The predicted molar refractivity (Wildman–Crippen MR) is 94.2 cm³/mol. The van der Waals surface area contributed by atoms with Crippen LogP contribution >= 0.6 is 0 Å². The molecule has 0 radical (unpaired) electrons. The second-order valence-corrected chi connectivity index (χ2v) is 6.86. The van der Waals surface area contributed by atoms with Crippen LogP contribution in [0.3, 0.4) is 0 Å². The third-order valence-corrected chi connectivity index (χ3v) is 5.16. The molecule has 2 aromatic rings. The minimum Gasteiger partial charge on any atom is -0.393 e. The second-order valence-electron chi connectivity index (χ2n) is 6.86. The molecule has 4 heterocycles. The van der Waals surface area contributed by atoms with Crippen molar-refractivity contribution in [1.29, 1.82) is 0 Å². The molecule has 130 valence electrons. The van der Waals surface area contributed by atoms with Gasteiger partial charge >= 0.3 is 0 Å². The van der Waals surface area contributed by atoms with Crippen LogP contribution in [0, 0.1) is 0 Å². The fourth-order valence-electron chi connectivity index (χ4n) is 4.05. The molecule has 0 saturated carbocycles. The van der Waals surface area contributed by atoms with Crippen molar-refractivity contribution in [3.05, 3.63) is 54.1 Å². The van der Waals surface area contributed by atoms with Gasteiger partial charge in [-0.15, -0.1) is 0 Å². The highest BCUT2D eigenvalue weighted by Gasteiger charge is 2.40. The van der Waals surface area contributed by atoms with Crippen molar-refractivity contribution in [2.75, 3.05) is 4.90 Å². The molecule has 6 heteroatoms. The molecule has 6 nitrogen and oxygen atoms in total. The van der Waals surface area contributed by atoms with Gasteiger partial charge in [0.2, 0.25) is 0 Å². The monoisotopic (exact) mass is 338 g/mol. The number of rotatable bonds is 4. The first-order chi connectivity index (χ1) is 12.2. The summed E-state index contributed by atoms with van der Waals surface area (Å²) in [5.41, 5.74) is 2.41. The minimum atomic E-state index is -0.196. The van der Waals surface area contributed by atoms with Crippen LogP contribution in [0.1, 0.15) is 41.7 Å². The Morgan fingerprint density at radius 3 is 2.76 bits per heavy atom. The quantitative estimate of drug-likeness (QED) is 0.890. The number of carbonyl (C=O) groups excluding carboxylic acids is 1. The van der Waals surface area contributed by atoms with E-state index in [1.165, 1.54) is 0 Å². The number of aliphatic hydroxyl groups is 1. The van der Waals surface area contributed by atoms with E-state index in [9.17, 15) is 9.90 Å². The molecule has 3 atom stereocenters. The smallest absolute Gasteiger partial charge is 0.270 e. The lowest BCUT2D eigenvalue weighted by atomic mass is 9.99. The van der Waals surface area contributed by atoms with Gasteiger partial charge in [-0.25, -0.2) is 0 Å². The molecule has 25 heavy (non-hydrogen) atoms. The Bertz CT molecular complexity index is 738. The van der Waals surface area contributed by atoms with Crippen LogP contribution in [0.4, 0.5) is 5.69 Å². The van der Waals surface area contributed by atoms with Gasteiger partial charge in [-0.2, -0.15) is 0 Å². The first-order valence-corrected chi connectivity index (χ1v) is 8.80. The summed E-state index contributed by atoms with van der Waals surface area (Å²) in [6.45, 7) is 0.430. The summed E-state index contributed by atoms with van der Waals surface area (Å²) in [5.74, 6) is -0.185. The highest BCUT2D eigenvalue weighted by Crippen LogP contribution is 2.39. The van der Waals surface area contributed by atoms with E-state index >= 15 is 0 Å². The van der Waals surface area contributed by atoms with Crippen LogP contribution in [0.15, 0.2) is 42.9 Å². The van der Waals surface area contributed by atoms with E-state index in [2.05, 4.69) is 20.2 Å². The number of carbonyl (C=O) groups is 1. The summed E-state index contributed by atoms with van der Waals surface area (Å²) in [5, 5.41) is 12.9. The molecule has 4 rings (SSSR count). The van der Waals surface area contributed by atoms with E-state index < -0.39 is 0 Å². The van der Waals surface area contributed by atoms with Crippen LogP contribution in [0.2, 0.25) is 0 Å². The highest BCUT2D eigenvalue weighted by atomic mass is 16.3. The summed E-state index contributed by atoms with van der Waals surface area (Å²) in [4.78, 5) is 23.1. The lowest BCUT2D eigenvalue weighted by Crippen LogP contribution is -2.44. The average Bonchev–Trinajstić information content (AvgIpc) is 2.92. The van der Waals surface area contributed by atoms with Crippen molar-refractivity contribution >= 4 is 11.6 Å². The van der Waals surface area contributed by atoms with Gasteiger partial charge in [-0.05, 0) is 49.4 Å². The van der Waals surface area contributed by atoms with E-state index in [0.29, 0.717) is 24.3 Å². The van der Waals surface area contributed by atoms with E-state index in [4.69, 9.17) is 0 Å². The normalized spacial score (nSPS) is 25.0. The van der Waals surface area contributed by atoms with Crippen molar-refractivity contribution in [2.45, 2.75) is 50.4 Å². The number of hydrogen-bond donors (Lipinski definition) is 2. The Hall–Kier alpha value is -2.47. The zero-order valence-corrected chi connectivity index (χ0v) is 14.0. The Labute approximate surface area is 146 Å². The van der Waals surface area contributed by atoms with Gasteiger partial charge in [0, 0.05) is 42.9 Å². The molecule has 2 saturated heterocycles. The molecule has 0 aromatic carbocycles. The van der Waals surface area contributed by atoms with Crippen LogP contribution in [0.25, 0.3) is 0 Å². The molecule has 2 fully saturated rings. The molecule has 2 aliphatic heterocycles. The number of nitrogens with one attached hydrogen (secondary N) is 1. The summed E-state index contributed by atoms with van der Waals surface area (Å²) in [7, 11) is 0. The summed E-state index contributed by atoms with van der Waals surface area (Å²) < 4.78 is 0. The first kappa shape index (κ1) is 16.0. The SMILES string of the molecule is O=C(NCc1cccnc1)c1cc(N2[C@@H]3CC[C@H]2CC(O)C3)ccn1. The maximum atomic E-state index is 12.4. The molecule has 0 spiro atoms. The number of fused-ring (bicyclic) bond motifs is 2. The molecule has 2 bridgehead atoms. The molecule has 0 aliphatic carbocycles. The molecule has 2 aliphatic rings. The Kier molecular flexibility index (Phi) is 4.36. The van der Waals surface area contributed by atoms with Gasteiger partial charge < -0.3 is 15.3 Å². The Morgan fingerprint density at radius 2 is 2.04 bits per heavy atom. The second kappa shape index (κ2) is 6.80. The van der Waals surface area contributed by atoms with Gasteiger partial charge in [0.25, 0.3) is 5.91 Å². The topological polar surface area (TPSA) is 78.4 Å². The Balaban J connectivity index is 1.47. The number of anilines is 1. The first-order valence-electron chi connectivity index (χ1n) is 8.80. The van der Waals surface area contributed by atoms with Gasteiger partial charge in [0.05, 0.1) is 6.10 Å². The number of aliphatic hydroxyl groups excluding tert-OH is 1. The van der Waals surface area contributed by atoms with Crippen LogP contribution < -0.4 is 10.2 Å². The minimum absolute atomic E-state index is 0.185. The zero-order valence-electron chi connectivity index (χ0n) is 14.0. The number of pyridine rings is 2. The largest absolute Gasteiger partial charge is 0.393 e. The number of nitrogens with zero attached hydrogens (tertiary/aromatic N) is 3. The molecule has 2 N–H and O–H groups in total. The molecular formula is C19H22N4O2. The van der Waals surface area contributed by atoms with Gasteiger partial charge in [-0.1, -0.05) is 6.07 Å². The zero-order chi connectivity index (χ0) is 17.2. The van der Waals surface area contributed by atoms with Crippen molar-refractivity contribution in [1.82, 2.24) is 15.3 Å². The van der Waals surface area contributed by atoms with Crippen molar-refractivity contribution < 1.29 is 9.90 Å². The van der Waals surface area contributed by atoms with Crippen molar-refractivity contribution in [3.63, 3.8) is 0 Å². The maximum absolute atomic E-state index is 12.4. The van der Waals surface area contributed by atoms with E-state index in [0.717, 1.165) is 36.9 Å². The fourth-order valence-corrected chi connectivity index (χ4v) is 4.05. The predicted octanol–water partition coefficient (Wildman–Crippen LogP) is 1.90. The average molecular weight is 338 g/mol.